The molecule has 2 rings (SSSR count). The summed E-state index contributed by atoms with van der Waals surface area (Å²) in [6.07, 6.45) is 5.42. The van der Waals surface area contributed by atoms with Crippen molar-refractivity contribution in [2.24, 2.45) is 0 Å². The number of hydrogen-bond acceptors (Lipinski definition) is 2. The van der Waals surface area contributed by atoms with E-state index >= 15 is 0 Å². The van der Waals surface area contributed by atoms with E-state index in [1.807, 2.05) is 18.2 Å². The number of carbonyl (C=O) groups is 1. The average Bonchev–Trinajstić information content (AvgIpc) is 2.54. The van der Waals surface area contributed by atoms with Crippen LogP contribution in [-0.2, 0) is 3.07 Å². The number of carbonyl (C=O) groups excluding carboxylic acids is 1. The molecule has 1 heterocycles. The van der Waals surface area contributed by atoms with Crippen LogP contribution in [0.1, 0.15) is 10.4 Å². The molecule has 0 atom stereocenters. The van der Waals surface area contributed by atoms with Crippen molar-refractivity contribution in [1.29, 1.82) is 0 Å². The molecule has 4 heteroatoms. The van der Waals surface area contributed by atoms with Crippen LogP contribution in [0, 0.1) is 13.9 Å². The molecule has 0 radical (unpaired) electrons. The van der Waals surface area contributed by atoms with Crippen LogP contribution < -0.4 is 5.19 Å². The molecule has 0 fully saturated rings. The summed E-state index contributed by atoms with van der Waals surface area (Å²) in [4.78, 5) is 11.8. The van der Waals surface area contributed by atoms with Crippen LogP contribution >= 0.6 is 20.2 Å². The second kappa shape index (κ2) is 3.89. The molecule has 0 bridgehead atoms. The van der Waals surface area contributed by atoms with E-state index in [9.17, 15) is 4.79 Å². The van der Waals surface area contributed by atoms with Crippen molar-refractivity contribution in [2.75, 3.05) is 0 Å². The number of halogens is 1. The van der Waals surface area contributed by atoms with E-state index in [2.05, 4.69) is 23.6 Å². The van der Waals surface area contributed by atoms with Gasteiger partial charge in [0.05, 0.1) is 0 Å². The molecule has 0 amide bonds. The molecule has 0 saturated heterocycles. The second-order valence-corrected chi connectivity index (χ2v) is 13.3. The molecule has 0 unspecified atom stereocenters. The summed E-state index contributed by atoms with van der Waals surface area (Å²) in [5.41, 5.74) is 0.782. The molecule has 1 aliphatic rings. The van der Waals surface area contributed by atoms with Crippen LogP contribution in [0.4, 0.5) is 0 Å². The normalized spacial score (nSPS) is 16.6. The van der Waals surface area contributed by atoms with Gasteiger partial charge in [0.1, 0.15) is 0 Å². The zero-order valence-electron chi connectivity index (χ0n) is 9.50. The number of terminal acetylenes is 1. The van der Waals surface area contributed by atoms with Crippen molar-refractivity contribution in [3.8, 4) is 10.4 Å². The molecule has 0 aliphatic carbocycles. The van der Waals surface area contributed by atoms with Gasteiger partial charge in [0.25, 0.3) is 0 Å². The van der Waals surface area contributed by atoms with Gasteiger partial charge in [-0.15, -0.1) is 0 Å². The van der Waals surface area contributed by atoms with E-state index in [0.717, 1.165) is 9.13 Å². The third-order valence-electron chi connectivity index (χ3n) is 2.46. The van der Waals surface area contributed by atoms with Gasteiger partial charge in [-0.1, -0.05) is 0 Å². The fraction of sp³-hybridized carbons (Fsp3) is 0.250. The Morgan fingerprint density at radius 3 is 2.62 bits per heavy atom. The van der Waals surface area contributed by atoms with E-state index < -0.39 is 28.3 Å². The Morgan fingerprint density at radius 1 is 1.38 bits per heavy atom. The molecule has 0 N–H and O–H groups in total. The Labute approximate surface area is 104 Å². The van der Waals surface area contributed by atoms with Crippen LogP contribution in [0.25, 0.3) is 0 Å². The molecule has 1 aromatic rings. The van der Waals surface area contributed by atoms with Crippen LogP contribution in [0.3, 0.4) is 0 Å². The van der Waals surface area contributed by atoms with Gasteiger partial charge in [0, 0.05) is 0 Å². The molecule has 2 nitrogen and oxygen atoms in total. The minimum atomic E-state index is -2.10. The molecule has 0 spiro atoms. The Morgan fingerprint density at radius 2 is 2.06 bits per heavy atom. The molecular formula is C12H13IO2Si. The van der Waals surface area contributed by atoms with Crippen molar-refractivity contribution >= 4 is 39.5 Å². The van der Waals surface area contributed by atoms with E-state index in [1.165, 1.54) is 5.19 Å². The monoisotopic (exact) mass is 344 g/mol. The van der Waals surface area contributed by atoms with Crippen molar-refractivity contribution in [2.45, 2.75) is 19.6 Å². The fourth-order valence-electron chi connectivity index (χ4n) is 1.73. The standard InChI is InChI=1S/C12H13IO2Si/c1-5-13-9-7-6-8-10(16(2,3)4)11(9)12(14)15-13/h1,6-8H,2-4H3. The molecule has 16 heavy (non-hydrogen) atoms. The molecule has 84 valence electrons. The van der Waals surface area contributed by atoms with Gasteiger partial charge in [-0.2, -0.15) is 0 Å². The van der Waals surface area contributed by atoms with E-state index in [-0.39, 0.29) is 5.97 Å². The summed E-state index contributed by atoms with van der Waals surface area (Å²) in [6.45, 7) is 6.67. The topological polar surface area (TPSA) is 26.3 Å². The third-order valence-corrected chi connectivity index (χ3v) is 7.85. The quantitative estimate of drug-likeness (QED) is 0.445. The predicted octanol–water partition coefficient (Wildman–Crippen LogP) is 2.58. The van der Waals surface area contributed by atoms with Crippen molar-refractivity contribution in [3.05, 3.63) is 27.3 Å². The summed E-state index contributed by atoms with van der Waals surface area (Å²) < 4.78 is 8.99. The Kier molecular flexibility index (Phi) is 2.84. The van der Waals surface area contributed by atoms with Crippen LogP contribution in [0.5, 0.6) is 0 Å². The maximum atomic E-state index is 11.8. The molecule has 0 aromatic heterocycles. The van der Waals surface area contributed by atoms with Crippen molar-refractivity contribution < 1.29 is 7.86 Å². The summed E-state index contributed by atoms with van der Waals surface area (Å²) in [6, 6.07) is 5.99. The number of benzene rings is 1. The van der Waals surface area contributed by atoms with Gasteiger partial charge in [0.2, 0.25) is 0 Å². The van der Waals surface area contributed by atoms with E-state index in [4.69, 9.17) is 9.49 Å². The fourth-order valence-corrected chi connectivity index (χ4v) is 6.42. The Bertz CT molecular complexity index is 497. The van der Waals surface area contributed by atoms with Crippen LogP contribution in [0.2, 0.25) is 19.6 Å². The Hall–Kier alpha value is -0.803. The SMILES string of the molecule is C#CI1OC(=O)c2c1cccc2[Si](C)(C)C. The van der Waals surface area contributed by atoms with Crippen LogP contribution in [0.15, 0.2) is 18.2 Å². The first-order chi connectivity index (χ1) is 7.45. The van der Waals surface area contributed by atoms with E-state index in [0.29, 0.717) is 0 Å². The number of fused-ring (bicyclic) bond motifs is 1. The first kappa shape index (κ1) is 11.7. The van der Waals surface area contributed by atoms with Crippen molar-refractivity contribution in [3.63, 3.8) is 0 Å². The van der Waals surface area contributed by atoms with Crippen molar-refractivity contribution in [1.82, 2.24) is 0 Å². The number of rotatable bonds is 1. The zero-order valence-corrected chi connectivity index (χ0v) is 12.7. The van der Waals surface area contributed by atoms with Crippen LogP contribution in [-0.4, -0.2) is 14.0 Å². The molecule has 1 aromatic carbocycles. The van der Waals surface area contributed by atoms with E-state index in [1.54, 1.807) is 0 Å². The van der Waals surface area contributed by atoms with Gasteiger partial charge in [-0.25, -0.2) is 0 Å². The van der Waals surface area contributed by atoms with Gasteiger partial charge in [-0.3, -0.25) is 0 Å². The molecular weight excluding hydrogens is 331 g/mol. The Balaban J connectivity index is 2.67. The predicted molar refractivity (Wildman–Crippen MR) is 76.4 cm³/mol. The van der Waals surface area contributed by atoms with Gasteiger partial charge < -0.3 is 0 Å². The van der Waals surface area contributed by atoms with Gasteiger partial charge in [-0.05, 0) is 0 Å². The number of hydrogen-bond donors (Lipinski definition) is 0. The summed E-state index contributed by atoms with van der Waals surface area (Å²) in [5.74, 6) is -0.198. The summed E-state index contributed by atoms with van der Waals surface area (Å²) >= 11 is -2.10. The summed E-state index contributed by atoms with van der Waals surface area (Å²) in [5, 5.41) is 1.17. The minimum absolute atomic E-state index is 0.198. The summed E-state index contributed by atoms with van der Waals surface area (Å²) in [7, 11) is -1.52. The first-order valence-corrected chi connectivity index (χ1v) is 11.5. The molecule has 0 saturated carbocycles. The average molecular weight is 344 g/mol. The second-order valence-electron chi connectivity index (χ2n) is 4.63. The van der Waals surface area contributed by atoms with Gasteiger partial charge >= 0.3 is 105 Å². The molecule has 1 aliphatic heterocycles. The maximum absolute atomic E-state index is 11.8. The first-order valence-electron chi connectivity index (χ1n) is 4.97. The zero-order chi connectivity index (χ0) is 11.9. The third kappa shape index (κ3) is 1.78. The van der Waals surface area contributed by atoms with Gasteiger partial charge in [0.15, 0.2) is 0 Å².